The summed E-state index contributed by atoms with van der Waals surface area (Å²) < 4.78 is 22.2. The van der Waals surface area contributed by atoms with E-state index in [0.717, 1.165) is 5.57 Å². The van der Waals surface area contributed by atoms with Gasteiger partial charge in [0.05, 0.1) is 6.61 Å². The van der Waals surface area contributed by atoms with Gasteiger partial charge in [0.1, 0.15) is 6.61 Å². The minimum Gasteiger partial charge on any atom is -0.520 e. The molecule has 18 heavy (non-hydrogen) atoms. The molecule has 0 rings (SSSR count). The zero-order chi connectivity index (χ0) is 14.2. The van der Waals surface area contributed by atoms with Gasteiger partial charge in [0.2, 0.25) is 8.32 Å². The normalized spacial score (nSPS) is 13.1. The molecule has 108 valence electrons. The van der Waals surface area contributed by atoms with Crippen molar-refractivity contribution in [3.63, 3.8) is 0 Å². The second kappa shape index (κ2) is 8.56. The average Bonchev–Trinajstić information content (AvgIpc) is 2.21. The lowest BCUT2D eigenvalue weighted by Crippen LogP contribution is -2.26. The highest BCUT2D eigenvalue weighted by Crippen LogP contribution is 2.15. The maximum absolute atomic E-state index is 5.86. The van der Waals surface area contributed by atoms with Crippen LogP contribution in [-0.2, 0) is 18.6 Å². The van der Waals surface area contributed by atoms with Crippen molar-refractivity contribution in [3.05, 3.63) is 11.5 Å². The first-order chi connectivity index (χ1) is 8.26. The van der Waals surface area contributed by atoms with Crippen LogP contribution in [0.1, 0.15) is 27.7 Å². The first-order valence-electron chi connectivity index (χ1n) is 6.48. The summed E-state index contributed by atoms with van der Waals surface area (Å²) in [5.41, 5.74) is 1.05. The van der Waals surface area contributed by atoms with E-state index in [2.05, 4.69) is 19.6 Å². The minimum atomic E-state index is -1.63. The smallest absolute Gasteiger partial charge is 0.263 e. The molecule has 5 heteroatoms. The molecule has 0 saturated carbocycles. The van der Waals surface area contributed by atoms with Crippen LogP contribution in [0, 0.1) is 0 Å². The van der Waals surface area contributed by atoms with E-state index >= 15 is 0 Å². The van der Waals surface area contributed by atoms with Gasteiger partial charge in [-0.2, -0.15) is 0 Å². The van der Waals surface area contributed by atoms with Crippen molar-refractivity contribution in [1.82, 2.24) is 0 Å². The Kier molecular flexibility index (Phi) is 8.31. The molecule has 0 saturated heterocycles. The Morgan fingerprint density at radius 1 is 1.06 bits per heavy atom. The SMILES string of the molecule is CCOC(C)OCCOC(O[Si](C)(C)C)=C(C)C. The van der Waals surface area contributed by atoms with Crippen LogP contribution >= 0.6 is 0 Å². The minimum absolute atomic E-state index is 0.188. The van der Waals surface area contributed by atoms with Gasteiger partial charge in [-0.3, -0.25) is 0 Å². The molecule has 4 nitrogen and oxygen atoms in total. The van der Waals surface area contributed by atoms with Gasteiger partial charge >= 0.3 is 0 Å². The molecule has 0 aromatic heterocycles. The molecule has 0 aliphatic rings. The first kappa shape index (κ1) is 17.5. The largest absolute Gasteiger partial charge is 0.520 e. The maximum atomic E-state index is 5.86. The molecule has 0 aliphatic heterocycles. The van der Waals surface area contributed by atoms with Gasteiger partial charge in [0.25, 0.3) is 5.95 Å². The summed E-state index contributed by atoms with van der Waals surface area (Å²) >= 11 is 0. The van der Waals surface area contributed by atoms with E-state index in [1.54, 1.807) is 0 Å². The van der Waals surface area contributed by atoms with Crippen molar-refractivity contribution in [2.75, 3.05) is 19.8 Å². The third kappa shape index (κ3) is 9.50. The summed E-state index contributed by atoms with van der Waals surface area (Å²) in [5.74, 6) is 0.641. The van der Waals surface area contributed by atoms with Gasteiger partial charge in [-0.15, -0.1) is 0 Å². The molecule has 0 bridgehead atoms. The molecule has 0 aromatic rings. The Morgan fingerprint density at radius 3 is 2.11 bits per heavy atom. The van der Waals surface area contributed by atoms with Gasteiger partial charge in [0, 0.05) is 12.2 Å². The third-order valence-electron chi connectivity index (χ3n) is 1.88. The molecule has 0 aliphatic carbocycles. The Morgan fingerprint density at radius 2 is 1.67 bits per heavy atom. The standard InChI is InChI=1S/C13H28O4Si/c1-8-14-12(4)15-9-10-16-13(11(2)3)17-18(5,6)7/h12H,8-10H2,1-7H3. The lowest BCUT2D eigenvalue weighted by molar-refractivity contribution is -0.136. The van der Waals surface area contributed by atoms with Crippen LogP contribution in [0.15, 0.2) is 11.5 Å². The van der Waals surface area contributed by atoms with E-state index in [0.29, 0.717) is 25.8 Å². The summed E-state index contributed by atoms with van der Waals surface area (Å²) in [7, 11) is -1.63. The van der Waals surface area contributed by atoms with Gasteiger partial charge < -0.3 is 18.6 Å². The number of hydrogen-bond donors (Lipinski definition) is 0. The Bertz CT molecular complexity index is 254. The molecule has 0 amide bonds. The second-order valence-corrected chi connectivity index (χ2v) is 9.67. The highest BCUT2D eigenvalue weighted by Gasteiger charge is 2.19. The van der Waals surface area contributed by atoms with E-state index in [-0.39, 0.29) is 6.29 Å². The highest BCUT2D eigenvalue weighted by atomic mass is 28.4. The van der Waals surface area contributed by atoms with E-state index in [9.17, 15) is 0 Å². The van der Waals surface area contributed by atoms with Crippen LogP contribution in [0.25, 0.3) is 0 Å². The summed E-state index contributed by atoms with van der Waals surface area (Å²) in [4.78, 5) is 0. The maximum Gasteiger partial charge on any atom is 0.263 e. The van der Waals surface area contributed by atoms with Gasteiger partial charge in [-0.1, -0.05) is 0 Å². The fourth-order valence-corrected chi connectivity index (χ4v) is 2.00. The van der Waals surface area contributed by atoms with Crippen molar-refractivity contribution in [3.8, 4) is 0 Å². The number of ether oxygens (including phenoxy) is 3. The Balaban J connectivity index is 3.98. The van der Waals surface area contributed by atoms with Crippen LogP contribution in [0.3, 0.4) is 0 Å². The van der Waals surface area contributed by atoms with Gasteiger partial charge in [-0.25, -0.2) is 0 Å². The van der Waals surface area contributed by atoms with Crippen LogP contribution in [0.5, 0.6) is 0 Å². The van der Waals surface area contributed by atoms with Crippen molar-refractivity contribution in [1.29, 1.82) is 0 Å². The third-order valence-corrected chi connectivity index (χ3v) is 2.68. The highest BCUT2D eigenvalue weighted by molar-refractivity contribution is 6.70. The second-order valence-electron chi connectivity index (χ2n) is 5.24. The summed E-state index contributed by atoms with van der Waals surface area (Å²) in [5, 5.41) is 0. The predicted octanol–water partition coefficient (Wildman–Crippen LogP) is 3.51. The fraction of sp³-hybridized carbons (Fsp3) is 0.846. The zero-order valence-corrected chi connectivity index (χ0v) is 13.8. The van der Waals surface area contributed by atoms with Crippen molar-refractivity contribution < 1.29 is 18.6 Å². The number of rotatable bonds is 9. The molecule has 1 atom stereocenters. The van der Waals surface area contributed by atoms with E-state index < -0.39 is 8.32 Å². The van der Waals surface area contributed by atoms with Crippen LogP contribution in [0.4, 0.5) is 0 Å². The van der Waals surface area contributed by atoms with E-state index in [1.807, 2.05) is 27.7 Å². The molecular formula is C13H28O4Si. The summed E-state index contributed by atoms with van der Waals surface area (Å²) in [6, 6.07) is 0. The van der Waals surface area contributed by atoms with Crippen LogP contribution in [0.2, 0.25) is 19.6 Å². The lowest BCUT2D eigenvalue weighted by atomic mass is 10.4. The summed E-state index contributed by atoms with van der Waals surface area (Å²) in [6.45, 7) is 15.8. The monoisotopic (exact) mass is 276 g/mol. The number of allylic oxidation sites excluding steroid dienone is 1. The van der Waals surface area contributed by atoms with Crippen molar-refractivity contribution in [2.24, 2.45) is 0 Å². The fourth-order valence-electron chi connectivity index (χ4n) is 1.19. The number of hydrogen-bond acceptors (Lipinski definition) is 4. The topological polar surface area (TPSA) is 36.9 Å². The molecule has 0 fully saturated rings. The van der Waals surface area contributed by atoms with E-state index in [4.69, 9.17) is 18.6 Å². The van der Waals surface area contributed by atoms with Crippen molar-refractivity contribution >= 4 is 8.32 Å². The molecule has 0 spiro atoms. The molecule has 0 heterocycles. The zero-order valence-electron chi connectivity index (χ0n) is 12.8. The van der Waals surface area contributed by atoms with Crippen LogP contribution < -0.4 is 0 Å². The van der Waals surface area contributed by atoms with Crippen LogP contribution in [-0.4, -0.2) is 34.4 Å². The van der Waals surface area contributed by atoms with Crippen molar-refractivity contribution in [2.45, 2.75) is 53.6 Å². The lowest BCUT2D eigenvalue weighted by Gasteiger charge is -2.23. The Labute approximate surface area is 112 Å². The Hall–Kier alpha value is -0.523. The van der Waals surface area contributed by atoms with Gasteiger partial charge in [-0.05, 0) is 47.3 Å². The predicted molar refractivity (Wildman–Crippen MR) is 75.8 cm³/mol. The molecule has 1 unspecified atom stereocenters. The van der Waals surface area contributed by atoms with E-state index in [1.165, 1.54) is 0 Å². The summed E-state index contributed by atoms with van der Waals surface area (Å²) in [6.07, 6.45) is -0.188. The average molecular weight is 276 g/mol. The molecule has 0 aromatic carbocycles. The quantitative estimate of drug-likeness (QED) is 0.279. The molecule has 0 radical (unpaired) electrons. The van der Waals surface area contributed by atoms with Gasteiger partial charge in [0.15, 0.2) is 6.29 Å². The molecule has 0 N–H and O–H groups in total. The molecular weight excluding hydrogens is 248 g/mol. The first-order valence-corrected chi connectivity index (χ1v) is 9.89.